The molecular formula is C20H26N4O2. The lowest BCUT2D eigenvalue weighted by atomic mass is 10.0. The first-order chi connectivity index (χ1) is 12.6. The van der Waals surface area contributed by atoms with Gasteiger partial charge in [-0.3, -0.25) is 14.4 Å². The molecular weight excluding hydrogens is 328 g/mol. The van der Waals surface area contributed by atoms with E-state index in [1.807, 2.05) is 29.7 Å². The van der Waals surface area contributed by atoms with Gasteiger partial charge in [-0.05, 0) is 13.5 Å². The molecule has 0 saturated carbocycles. The van der Waals surface area contributed by atoms with Gasteiger partial charge in [0.25, 0.3) is 0 Å². The quantitative estimate of drug-likeness (QED) is 0.817. The van der Waals surface area contributed by atoms with Gasteiger partial charge in [0.1, 0.15) is 6.04 Å². The first kappa shape index (κ1) is 17.2. The lowest BCUT2D eigenvalue weighted by molar-refractivity contribution is -0.142. The minimum atomic E-state index is -0.158. The molecule has 1 aromatic carbocycles. The van der Waals surface area contributed by atoms with Crippen molar-refractivity contribution in [3.05, 3.63) is 41.6 Å². The molecule has 0 N–H and O–H groups in total. The Balaban J connectivity index is 1.55. The number of ether oxygens (including phenoxy) is 1. The average Bonchev–Trinajstić information content (AvgIpc) is 2.83. The SMILES string of the molecule is CN1CCOC[C@@H]1C(=O)N1CCc2nn(C)c(-c3ccccc3)c2CC1. The van der Waals surface area contributed by atoms with Crippen LogP contribution in [0.3, 0.4) is 0 Å². The molecule has 4 rings (SSSR count). The second kappa shape index (κ2) is 7.21. The first-order valence-corrected chi connectivity index (χ1v) is 9.32. The van der Waals surface area contributed by atoms with Gasteiger partial charge < -0.3 is 9.64 Å². The number of aromatic nitrogens is 2. The highest BCUT2D eigenvalue weighted by molar-refractivity contribution is 5.82. The summed E-state index contributed by atoms with van der Waals surface area (Å²) in [5.74, 6) is 0.183. The van der Waals surface area contributed by atoms with Crippen LogP contribution in [0.25, 0.3) is 11.3 Å². The summed E-state index contributed by atoms with van der Waals surface area (Å²) in [5.41, 5.74) is 4.76. The highest BCUT2D eigenvalue weighted by atomic mass is 16.5. The van der Waals surface area contributed by atoms with Gasteiger partial charge in [-0.2, -0.15) is 5.10 Å². The zero-order chi connectivity index (χ0) is 18.1. The molecule has 0 radical (unpaired) electrons. The first-order valence-electron chi connectivity index (χ1n) is 9.32. The number of hydrogen-bond donors (Lipinski definition) is 0. The summed E-state index contributed by atoms with van der Waals surface area (Å²) < 4.78 is 7.52. The zero-order valence-corrected chi connectivity index (χ0v) is 15.5. The number of fused-ring (bicyclic) bond motifs is 1. The molecule has 3 heterocycles. The molecule has 1 aromatic heterocycles. The second-order valence-corrected chi connectivity index (χ2v) is 7.16. The van der Waals surface area contributed by atoms with Crippen LogP contribution in [0.5, 0.6) is 0 Å². The van der Waals surface area contributed by atoms with Gasteiger partial charge >= 0.3 is 0 Å². The lowest BCUT2D eigenvalue weighted by Gasteiger charge is -2.34. The normalized spacial score (nSPS) is 21.3. The molecule has 0 aliphatic carbocycles. The summed E-state index contributed by atoms with van der Waals surface area (Å²) in [7, 11) is 4.01. The molecule has 6 heteroatoms. The largest absolute Gasteiger partial charge is 0.378 e. The molecule has 1 saturated heterocycles. The minimum absolute atomic E-state index is 0.158. The van der Waals surface area contributed by atoms with Crippen LogP contribution in [0.15, 0.2) is 30.3 Å². The Morgan fingerprint density at radius 2 is 1.88 bits per heavy atom. The van der Waals surface area contributed by atoms with Crippen molar-refractivity contribution < 1.29 is 9.53 Å². The number of carbonyl (C=O) groups is 1. The van der Waals surface area contributed by atoms with Crippen molar-refractivity contribution in [1.82, 2.24) is 19.6 Å². The molecule has 2 aliphatic heterocycles. The van der Waals surface area contributed by atoms with E-state index in [0.717, 1.165) is 38.2 Å². The standard InChI is InChI=1S/C20H26N4O2/c1-22-12-13-26-14-18(22)20(25)24-10-8-16-17(9-11-24)21-23(2)19(16)15-6-4-3-5-7-15/h3-7,18H,8-14H2,1-2H3/t18-/m1/s1. The number of hydrogen-bond acceptors (Lipinski definition) is 4. The highest BCUT2D eigenvalue weighted by Crippen LogP contribution is 2.28. The highest BCUT2D eigenvalue weighted by Gasteiger charge is 2.32. The Hall–Kier alpha value is -2.18. The number of carbonyl (C=O) groups excluding carboxylic acids is 1. The number of benzene rings is 1. The van der Waals surface area contributed by atoms with Crippen molar-refractivity contribution >= 4 is 5.91 Å². The van der Waals surface area contributed by atoms with Gasteiger partial charge in [-0.1, -0.05) is 30.3 Å². The van der Waals surface area contributed by atoms with Crippen LogP contribution in [0.1, 0.15) is 11.3 Å². The molecule has 0 unspecified atom stereocenters. The van der Waals surface area contributed by atoms with Crippen LogP contribution < -0.4 is 0 Å². The van der Waals surface area contributed by atoms with E-state index in [9.17, 15) is 4.79 Å². The maximum atomic E-state index is 13.0. The number of nitrogens with zero attached hydrogens (tertiary/aromatic N) is 4. The van der Waals surface area contributed by atoms with Crippen LogP contribution >= 0.6 is 0 Å². The van der Waals surface area contributed by atoms with Gasteiger partial charge in [0, 0.05) is 44.2 Å². The van der Waals surface area contributed by atoms with E-state index >= 15 is 0 Å². The van der Waals surface area contributed by atoms with Gasteiger partial charge in [-0.25, -0.2) is 0 Å². The third kappa shape index (κ3) is 3.15. The van der Waals surface area contributed by atoms with E-state index in [1.165, 1.54) is 16.8 Å². The molecule has 1 atom stereocenters. The van der Waals surface area contributed by atoms with Gasteiger partial charge in [0.2, 0.25) is 5.91 Å². The number of likely N-dealkylation sites (N-methyl/N-ethyl adjacent to an activating group) is 1. The summed E-state index contributed by atoms with van der Waals surface area (Å²) >= 11 is 0. The van der Waals surface area contributed by atoms with Crippen molar-refractivity contribution in [3.8, 4) is 11.3 Å². The minimum Gasteiger partial charge on any atom is -0.378 e. The number of morpholine rings is 1. The fourth-order valence-corrected chi connectivity index (χ4v) is 4.02. The molecule has 26 heavy (non-hydrogen) atoms. The fraction of sp³-hybridized carbons (Fsp3) is 0.500. The van der Waals surface area contributed by atoms with E-state index in [0.29, 0.717) is 13.2 Å². The monoisotopic (exact) mass is 354 g/mol. The summed E-state index contributed by atoms with van der Waals surface area (Å²) in [5, 5.41) is 4.75. The Labute approximate surface area is 154 Å². The van der Waals surface area contributed by atoms with Crippen molar-refractivity contribution in [3.63, 3.8) is 0 Å². The predicted molar refractivity (Wildman–Crippen MR) is 99.9 cm³/mol. The third-order valence-corrected chi connectivity index (χ3v) is 5.52. The van der Waals surface area contributed by atoms with Crippen molar-refractivity contribution in [1.29, 1.82) is 0 Å². The third-order valence-electron chi connectivity index (χ3n) is 5.52. The molecule has 1 fully saturated rings. The van der Waals surface area contributed by atoms with Gasteiger partial charge in [0.05, 0.1) is 24.6 Å². The van der Waals surface area contributed by atoms with Crippen LogP contribution in [0.2, 0.25) is 0 Å². The fourth-order valence-electron chi connectivity index (χ4n) is 4.02. The number of amides is 1. The molecule has 1 amide bonds. The van der Waals surface area contributed by atoms with Crippen molar-refractivity contribution in [2.24, 2.45) is 7.05 Å². The zero-order valence-electron chi connectivity index (χ0n) is 15.5. The summed E-state index contributed by atoms with van der Waals surface area (Å²) in [6.07, 6.45) is 1.65. The second-order valence-electron chi connectivity index (χ2n) is 7.16. The van der Waals surface area contributed by atoms with Crippen molar-refractivity contribution in [2.75, 3.05) is 39.9 Å². The van der Waals surface area contributed by atoms with E-state index in [-0.39, 0.29) is 11.9 Å². The lowest BCUT2D eigenvalue weighted by Crippen LogP contribution is -2.53. The van der Waals surface area contributed by atoms with Crippen LogP contribution in [-0.2, 0) is 29.4 Å². The molecule has 138 valence electrons. The maximum absolute atomic E-state index is 13.0. The molecule has 0 bridgehead atoms. The van der Waals surface area contributed by atoms with E-state index < -0.39 is 0 Å². The van der Waals surface area contributed by atoms with E-state index in [1.54, 1.807) is 0 Å². The van der Waals surface area contributed by atoms with Gasteiger partial charge in [0.15, 0.2) is 0 Å². The predicted octanol–water partition coefficient (Wildman–Crippen LogP) is 1.34. The molecule has 2 aliphatic rings. The Bertz CT molecular complexity index is 787. The average molecular weight is 354 g/mol. The van der Waals surface area contributed by atoms with E-state index in [4.69, 9.17) is 9.84 Å². The van der Waals surface area contributed by atoms with E-state index in [2.05, 4.69) is 29.2 Å². The topological polar surface area (TPSA) is 50.6 Å². The van der Waals surface area contributed by atoms with Gasteiger partial charge in [-0.15, -0.1) is 0 Å². The van der Waals surface area contributed by atoms with Crippen LogP contribution in [-0.4, -0.2) is 71.4 Å². The summed E-state index contributed by atoms with van der Waals surface area (Å²) in [6, 6.07) is 10.2. The smallest absolute Gasteiger partial charge is 0.242 e. The molecule has 0 spiro atoms. The van der Waals surface area contributed by atoms with Crippen molar-refractivity contribution in [2.45, 2.75) is 18.9 Å². The molecule has 6 nitrogen and oxygen atoms in total. The Morgan fingerprint density at radius 1 is 1.12 bits per heavy atom. The summed E-state index contributed by atoms with van der Waals surface area (Å²) in [4.78, 5) is 17.1. The molecule has 2 aromatic rings. The number of aryl methyl sites for hydroxylation is 1. The maximum Gasteiger partial charge on any atom is 0.242 e. The van der Waals surface area contributed by atoms with Crippen LogP contribution in [0.4, 0.5) is 0 Å². The van der Waals surface area contributed by atoms with Crippen LogP contribution in [0, 0.1) is 0 Å². The summed E-state index contributed by atoms with van der Waals surface area (Å²) in [6.45, 7) is 3.47. The number of rotatable bonds is 2. The Kier molecular flexibility index (Phi) is 4.78. The Morgan fingerprint density at radius 3 is 2.65 bits per heavy atom.